The molecule has 1 fully saturated rings. The van der Waals surface area contributed by atoms with E-state index in [1.54, 1.807) is 0 Å². The predicted molar refractivity (Wildman–Crippen MR) is 80.7 cm³/mol. The number of nitrogens with zero attached hydrogens (tertiary/aromatic N) is 2. The molecule has 0 bridgehead atoms. The maximum Gasteiger partial charge on any atom is 0.115 e. The number of hydrogen-bond donors (Lipinski definition) is 1. The molecule has 0 aliphatic carbocycles. The molecule has 4 nitrogen and oxygen atoms in total. The third kappa shape index (κ3) is 2.45. The summed E-state index contributed by atoms with van der Waals surface area (Å²) in [5, 5.41) is 0. The zero-order valence-corrected chi connectivity index (χ0v) is 12.1. The zero-order chi connectivity index (χ0) is 13.9. The van der Waals surface area contributed by atoms with E-state index in [4.69, 9.17) is 15.5 Å². The van der Waals surface area contributed by atoms with Gasteiger partial charge in [-0.15, -0.1) is 0 Å². The maximum absolute atomic E-state index is 5.73. The molecule has 1 aromatic carbocycles. The summed E-state index contributed by atoms with van der Waals surface area (Å²) in [6.07, 6.45) is 3.43. The Balaban J connectivity index is 2.06. The van der Waals surface area contributed by atoms with Crippen LogP contribution >= 0.6 is 0 Å². The second-order valence-corrected chi connectivity index (χ2v) is 5.56. The van der Waals surface area contributed by atoms with Gasteiger partial charge < -0.3 is 15.0 Å². The summed E-state index contributed by atoms with van der Waals surface area (Å²) in [6, 6.07) is 6.39. The van der Waals surface area contributed by atoms with Crippen molar-refractivity contribution in [1.82, 2.24) is 9.55 Å². The molecule has 3 rings (SSSR count). The number of imidazole rings is 1. The number of rotatable bonds is 4. The van der Waals surface area contributed by atoms with Crippen LogP contribution in [0.5, 0.6) is 0 Å². The fourth-order valence-corrected chi connectivity index (χ4v) is 3.04. The summed E-state index contributed by atoms with van der Waals surface area (Å²) < 4.78 is 8.01. The summed E-state index contributed by atoms with van der Waals surface area (Å²) in [4.78, 5) is 4.89. The molecule has 20 heavy (non-hydrogen) atoms. The molecular formula is C16H23N3O. The lowest BCUT2D eigenvalue weighted by atomic mass is 10.0. The molecule has 1 aliphatic rings. The van der Waals surface area contributed by atoms with Crippen molar-refractivity contribution in [2.24, 2.45) is 5.73 Å². The fraction of sp³-hybridized carbons (Fsp3) is 0.562. The number of benzene rings is 1. The molecule has 1 atom stereocenters. The first-order valence-corrected chi connectivity index (χ1v) is 7.60. The SMILES string of the molecule is CCCn1c(C2CCCOC2)nc2cc(CN)ccc21. The van der Waals surface area contributed by atoms with E-state index in [9.17, 15) is 0 Å². The van der Waals surface area contributed by atoms with Gasteiger partial charge in [0.1, 0.15) is 5.82 Å². The maximum atomic E-state index is 5.73. The molecule has 0 spiro atoms. The molecule has 0 amide bonds. The van der Waals surface area contributed by atoms with Crippen LogP contribution in [0, 0.1) is 0 Å². The number of aryl methyl sites for hydroxylation is 1. The van der Waals surface area contributed by atoms with Gasteiger partial charge in [0.2, 0.25) is 0 Å². The van der Waals surface area contributed by atoms with Crippen molar-refractivity contribution in [2.75, 3.05) is 13.2 Å². The molecule has 2 aromatic rings. The Morgan fingerprint density at radius 2 is 2.35 bits per heavy atom. The second-order valence-electron chi connectivity index (χ2n) is 5.56. The van der Waals surface area contributed by atoms with Gasteiger partial charge in [0.25, 0.3) is 0 Å². The lowest BCUT2D eigenvalue weighted by molar-refractivity contribution is 0.0771. The molecule has 108 valence electrons. The Bertz CT molecular complexity index is 585. The van der Waals surface area contributed by atoms with E-state index in [1.807, 2.05) is 0 Å². The van der Waals surface area contributed by atoms with Gasteiger partial charge in [0.15, 0.2) is 0 Å². The van der Waals surface area contributed by atoms with Crippen LogP contribution < -0.4 is 5.73 Å². The van der Waals surface area contributed by atoms with Gasteiger partial charge in [-0.1, -0.05) is 13.0 Å². The van der Waals surface area contributed by atoms with E-state index in [1.165, 1.54) is 17.8 Å². The lowest BCUT2D eigenvalue weighted by Crippen LogP contribution is -2.19. The molecule has 2 N–H and O–H groups in total. The van der Waals surface area contributed by atoms with Gasteiger partial charge in [-0.2, -0.15) is 0 Å². The molecular weight excluding hydrogens is 250 g/mol. The van der Waals surface area contributed by atoms with E-state index in [0.717, 1.165) is 43.7 Å². The quantitative estimate of drug-likeness (QED) is 0.932. The predicted octanol–water partition coefficient (Wildman–Crippen LogP) is 2.80. The average molecular weight is 273 g/mol. The van der Waals surface area contributed by atoms with Crippen LogP contribution in [0.25, 0.3) is 11.0 Å². The highest BCUT2D eigenvalue weighted by Gasteiger charge is 2.22. The van der Waals surface area contributed by atoms with Crippen molar-refractivity contribution in [2.45, 2.75) is 45.2 Å². The van der Waals surface area contributed by atoms with Crippen molar-refractivity contribution in [3.05, 3.63) is 29.6 Å². The van der Waals surface area contributed by atoms with Crippen LogP contribution in [-0.4, -0.2) is 22.8 Å². The number of nitrogens with two attached hydrogens (primary N) is 1. The Morgan fingerprint density at radius 1 is 1.45 bits per heavy atom. The van der Waals surface area contributed by atoms with Crippen LogP contribution in [0.2, 0.25) is 0 Å². The molecule has 0 saturated carbocycles. The third-order valence-electron chi connectivity index (χ3n) is 4.05. The topological polar surface area (TPSA) is 53.1 Å². The number of aromatic nitrogens is 2. The normalized spacial score (nSPS) is 19.6. The molecule has 1 unspecified atom stereocenters. The Morgan fingerprint density at radius 3 is 3.05 bits per heavy atom. The van der Waals surface area contributed by atoms with Crippen LogP contribution in [0.3, 0.4) is 0 Å². The van der Waals surface area contributed by atoms with Gasteiger partial charge in [-0.3, -0.25) is 0 Å². The minimum Gasteiger partial charge on any atom is -0.381 e. The van der Waals surface area contributed by atoms with Crippen molar-refractivity contribution in [1.29, 1.82) is 0 Å². The molecule has 1 aliphatic heterocycles. The van der Waals surface area contributed by atoms with E-state index < -0.39 is 0 Å². The summed E-state index contributed by atoms with van der Waals surface area (Å²) in [5.41, 5.74) is 9.17. The molecule has 1 aromatic heterocycles. The first-order valence-electron chi connectivity index (χ1n) is 7.60. The number of ether oxygens (including phenoxy) is 1. The average Bonchev–Trinajstić information content (AvgIpc) is 2.86. The molecule has 1 saturated heterocycles. The van der Waals surface area contributed by atoms with Gasteiger partial charge in [-0.25, -0.2) is 4.98 Å². The van der Waals surface area contributed by atoms with Crippen molar-refractivity contribution < 1.29 is 4.74 Å². The van der Waals surface area contributed by atoms with Gasteiger partial charge in [0, 0.05) is 25.6 Å². The van der Waals surface area contributed by atoms with Crippen molar-refractivity contribution in [3.63, 3.8) is 0 Å². The first kappa shape index (κ1) is 13.6. The van der Waals surface area contributed by atoms with Crippen molar-refractivity contribution >= 4 is 11.0 Å². The molecule has 0 radical (unpaired) electrons. The van der Waals surface area contributed by atoms with Crippen LogP contribution in [-0.2, 0) is 17.8 Å². The lowest BCUT2D eigenvalue weighted by Gasteiger charge is -2.22. The summed E-state index contributed by atoms with van der Waals surface area (Å²) in [5.74, 6) is 1.62. The Kier molecular flexibility index (Phi) is 4.03. The van der Waals surface area contributed by atoms with Crippen LogP contribution in [0.1, 0.15) is 43.5 Å². The summed E-state index contributed by atoms with van der Waals surface area (Å²) in [7, 11) is 0. The molecule has 4 heteroatoms. The highest BCUT2D eigenvalue weighted by atomic mass is 16.5. The van der Waals surface area contributed by atoms with E-state index >= 15 is 0 Å². The number of fused-ring (bicyclic) bond motifs is 1. The van der Waals surface area contributed by atoms with Crippen LogP contribution in [0.15, 0.2) is 18.2 Å². The standard InChI is InChI=1S/C16H23N3O/c1-2-7-19-15-6-5-12(10-17)9-14(15)18-16(19)13-4-3-8-20-11-13/h5-6,9,13H,2-4,7-8,10-11,17H2,1H3. The first-order chi connectivity index (χ1) is 9.83. The highest BCUT2D eigenvalue weighted by molar-refractivity contribution is 5.77. The Labute approximate surface area is 119 Å². The summed E-state index contributed by atoms with van der Waals surface area (Å²) >= 11 is 0. The minimum absolute atomic E-state index is 0.434. The van der Waals surface area contributed by atoms with Crippen LogP contribution in [0.4, 0.5) is 0 Å². The monoisotopic (exact) mass is 273 g/mol. The largest absolute Gasteiger partial charge is 0.381 e. The van der Waals surface area contributed by atoms with Crippen molar-refractivity contribution in [3.8, 4) is 0 Å². The fourth-order valence-electron chi connectivity index (χ4n) is 3.04. The smallest absolute Gasteiger partial charge is 0.115 e. The van der Waals surface area contributed by atoms with E-state index in [0.29, 0.717) is 12.5 Å². The minimum atomic E-state index is 0.434. The Hall–Kier alpha value is -1.39. The van der Waals surface area contributed by atoms with Gasteiger partial charge >= 0.3 is 0 Å². The zero-order valence-electron chi connectivity index (χ0n) is 12.1. The van der Waals surface area contributed by atoms with E-state index in [-0.39, 0.29) is 0 Å². The third-order valence-corrected chi connectivity index (χ3v) is 4.05. The van der Waals surface area contributed by atoms with E-state index in [2.05, 4.69) is 29.7 Å². The molecule has 2 heterocycles. The summed E-state index contributed by atoms with van der Waals surface area (Å²) in [6.45, 7) is 5.49. The van der Waals surface area contributed by atoms with Gasteiger partial charge in [0.05, 0.1) is 17.6 Å². The number of hydrogen-bond acceptors (Lipinski definition) is 3. The van der Waals surface area contributed by atoms with Gasteiger partial charge in [-0.05, 0) is 37.0 Å². The second kappa shape index (κ2) is 5.94. The highest BCUT2D eigenvalue weighted by Crippen LogP contribution is 2.28.